The Bertz CT molecular complexity index is 1040. The zero-order chi connectivity index (χ0) is 20.4. The van der Waals surface area contributed by atoms with Crippen molar-refractivity contribution in [2.45, 2.75) is 24.1 Å². The van der Waals surface area contributed by atoms with Crippen LogP contribution in [0.15, 0.2) is 59.6 Å². The Hall–Kier alpha value is -2.32. The molecule has 2 N–H and O–H groups in total. The number of carbonyl (C=O) groups is 1. The van der Waals surface area contributed by atoms with Crippen LogP contribution in [-0.2, 0) is 9.84 Å². The SMILES string of the molecule is C[C@H](CNC(=O)c1cccc(NC2=N[C@@H]3CS(=O)(=O)C[C@@H]3S2)c1)c1ccccc1. The van der Waals surface area contributed by atoms with Crippen molar-refractivity contribution in [3.63, 3.8) is 0 Å². The first kappa shape index (κ1) is 20.0. The number of rotatable bonds is 5. The average molecular weight is 430 g/mol. The predicted molar refractivity (Wildman–Crippen MR) is 119 cm³/mol. The van der Waals surface area contributed by atoms with E-state index in [2.05, 4.69) is 34.7 Å². The fourth-order valence-corrected chi connectivity index (χ4v) is 7.20. The lowest BCUT2D eigenvalue weighted by atomic mass is 10.0. The number of anilines is 1. The number of amidine groups is 1. The second-order valence-electron chi connectivity index (χ2n) is 7.46. The van der Waals surface area contributed by atoms with Gasteiger partial charge in [0, 0.05) is 23.0 Å². The summed E-state index contributed by atoms with van der Waals surface area (Å²) in [6.07, 6.45) is 0. The van der Waals surface area contributed by atoms with Crippen LogP contribution in [-0.4, -0.2) is 48.8 Å². The van der Waals surface area contributed by atoms with E-state index in [1.807, 2.05) is 30.3 Å². The summed E-state index contributed by atoms with van der Waals surface area (Å²) >= 11 is 1.46. The quantitative estimate of drug-likeness (QED) is 0.763. The lowest BCUT2D eigenvalue weighted by molar-refractivity contribution is 0.0951. The van der Waals surface area contributed by atoms with Crippen molar-refractivity contribution in [3.8, 4) is 0 Å². The van der Waals surface area contributed by atoms with E-state index in [0.717, 1.165) is 5.69 Å². The fourth-order valence-electron chi connectivity index (χ4n) is 3.52. The molecule has 0 spiro atoms. The molecule has 2 aliphatic rings. The van der Waals surface area contributed by atoms with Crippen LogP contribution in [0.5, 0.6) is 0 Å². The number of amides is 1. The van der Waals surface area contributed by atoms with Crippen molar-refractivity contribution in [1.29, 1.82) is 0 Å². The molecule has 0 bridgehead atoms. The number of hydrogen-bond donors (Lipinski definition) is 2. The molecule has 2 heterocycles. The summed E-state index contributed by atoms with van der Waals surface area (Å²) in [7, 11) is -2.96. The van der Waals surface area contributed by atoms with Crippen molar-refractivity contribution < 1.29 is 13.2 Å². The Kier molecular flexibility index (Phi) is 5.65. The minimum Gasteiger partial charge on any atom is -0.351 e. The van der Waals surface area contributed by atoms with Gasteiger partial charge in [-0.2, -0.15) is 0 Å². The highest BCUT2D eigenvalue weighted by Crippen LogP contribution is 2.34. The molecule has 1 fully saturated rings. The molecule has 3 atom stereocenters. The maximum absolute atomic E-state index is 12.6. The fraction of sp³-hybridized carbons (Fsp3) is 0.333. The highest BCUT2D eigenvalue weighted by atomic mass is 32.2. The van der Waals surface area contributed by atoms with Crippen molar-refractivity contribution >= 4 is 38.4 Å². The summed E-state index contributed by atoms with van der Waals surface area (Å²) in [5.41, 5.74) is 2.52. The maximum Gasteiger partial charge on any atom is 0.251 e. The lowest BCUT2D eigenvalue weighted by Gasteiger charge is -2.13. The highest BCUT2D eigenvalue weighted by Gasteiger charge is 2.42. The number of nitrogens with one attached hydrogen (secondary N) is 2. The Balaban J connectivity index is 1.36. The number of sulfone groups is 1. The van der Waals surface area contributed by atoms with Crippen molar-refractivity contribution in [3.05, 3.63) is 65.7 Å². The number of hydrogen-bond acceptors (Lipinski definition) is 6. The molecule has 4 rings (SSSR count). The first-order chi connectivity index (χ1) is 13.9. The maximum atomic E-state index is 12.6. The molecule has 8 heteroatoms. The van der Waals surface area contributed by atoms with E-state index in [0.29, 0.717) is 17.3 Å². The zero-order valence-electron chi connectivity index (χ0n) is 16.0. The van der Waals surface area contributed by atoms with Gasteiger partial charge in [0.25, 0.3) is 5.91 Å². The van der Waals surface area contributed by atoms with Crippen LogP contribution in [0.4, 0.5) is 5.69 Å². The van der Waals surface area contributed by atoms with Gasteiger partial charge in [-0.1, -0.05) is 55.1 Å². The molecule has 29 heavy (non-hydrogen) atoms. The standard InChI is InChI=1S/C21H23N3O3S2/c1-14(15-6-3-2-4-7-15)11-22-20(25)16-8-5-9-17(10-16)23-21-24-18-12-29(26,27)13-19(18)28-21/h2-10,14,18-19H,11-13H2,1H3,(H,22,25)(H,23,24)/t14-,18-,19+/m1/s1. The molecular formula is C21H23N3O3S2. The molecule has 0 radical (unpaired) electrons. The second-order valence-corrected chi connectivity index (χ2v) is 10.8. The predicted octanol–water partition coefficient (Wildman–Crippen LogP) is 2.90. The van der Waals surface area contributed by atoms with E-state index < -0.39 is 9.84 Å². The second kappa shape index (κ2) is 8.20. The Morgan fingerprint density at radius 1 is 1.17 bits per heavy atom. The van der Waals surface area contributed by atoms with Gasteiger partial charge in [-0.05, 0) is 29.7 Å². The number of nitrogens with zero attached hydrogens (tertiary/aromatic N) is 1. The Morgan fingerprint density at radius 2 is 1.97 bits per heavy atom. The van der Waals surface area contributed by atoms with Crippen molar-refractivity contribution in [2.75, 3.05) is 23.4 Å². The molecule has 2 aromatic rings. The molecule has 0 unspecified atom stereocenters. The van der Waals surface area contributed by atoms with Gasteiger partial charge in [-0.3, -0.25) is 9.79 Å². The van der Waals surface area contributed by atoms with E-state index in [1.54, 1.807) is 12.1 Å². The summed E-state index contributed by atoms with van der Waals surface area (Å²) in [4.78, 5) is 17.1. The third-order valence-electron chi connectivity index (χ3n) is 5.13. The number of benzene rings is 2. The van der Waals surface area contributed by atoms with Crippen molar-refractivity contribution in [2.24, 2.45) is 4.99 Å². The number of carbonyl (C=O) groups excluding carboxylic acids is 1. The van der Waals surface area contributed by atoms with Gasteiger partial charge in [0.05, 0.1) is 17.5 Å². The number of thioether (sulfide) groups is 1. The normalized spacial score (nSPS) is 23.1. The van der Waals surface area contributed by atoms with E-state index in [1.165, 1.54) is 17.3 Å². The minimum absolute atomic E-state index is 0.00606. The summed E-state index contributed by atoms with van der Waals surface area (Å²) in [6.45, 7) is 2.64. The summed E-state index contributed by atoms with van der Waals surface area (Å²) in [5.74, 6) is 0.401. The van der Waals surface area contributed by atoms with Gasteiger partial charge in [-0.25, -0.2) is 8.42 Å². The van der Waals surface area contributed by atoms with E-state index >= 15 is 0 Å². The third kappa shape index (κ3) is 4.82. The first-order valence-electron chi connectivity index (χ1n) is 9.55. The van der Waals surface area contributed by atoms with Crippen LogP contribution in [0.2, 0.25) is 0 Å². The van der Waals surface area contributed by atoms with E-state index in [9.17, 15) is 13.2 Å². The van der Waals surface area contributed by atoms with Crippen LogP contribution < -0.4 is 10.6 Å². The van der Waals surface area contributed by atoms with Crippen LogP contribution in [0.1, 0.15) is 28.8 Å². The lowest BCUT2D eigenvalue weighted by Crippen LogP contribution is -2.27. The first-order valence-corrected chi connectivity index (χ1v) is 12.2. The van der Waals surface area contributed by atoms with Crippen LogP contribution in [0, 0.1) is 0 Å². The molecule has 152 valence electrons. The van der Waals surface area contributed by atoms with E-state index in [-0.39, 0.29) is 34.6 Å². The van der Waals surface area contributed by atoms with Gasteiger partial charge >= 0.3 is 0 Å². The summed E-state index contributed by atoms with van der Waals surface area (Å²) in [5, 5.41) is 6.92. The number of aliphatic imine (C=N–C) groups is 1. The summed E-state index contributed by atoms with van der Waals surface area (Å²) < 4.78 is 23.4. The molecule has 0 aromatic heterocycles. The van der Waals surface area contributed by atoms with Gasteiger partial charge < -0.3 is 10.6 Å². The van der Waals surface area contributed by atoms with Gasteiger partial charge in [0.15, 0.2) is 15.0 Å². The van der Waals surface area contributed by atoms with Crippen LogP contribution in [0.25, 0.3) is 0 Å². The van der Waals surface area contributed by atoms with E-state index in [4.69, 9.17) is 0 Å². The molecule has 0 saturated carbocycles. The summed E-state index contributed by atoms with van der Waals surface area (Å²) in [6, 6.07) is 17.2. The average Bonchev–Trinajstić information content (AvgIpc) is 3.19. The van der Waals surface area contributed by atoms with Gasteiger partial charge in [0.1, 0.15) is 0 Å². The highest BCUT2D eigenvalue weighted by molar-refractivity contribution is 8.15. The molecule has 2 aromatic carbocycles. The zero-order valence-corrected chi connectivity index (χ0v) is 17.7. The molecule has 6 nitrogen and oxygen atoms in total. The monoisotopic (exact) mass is 429 g/mol. The molecular weight excluding hydrogens is 406 g/mol. The smallest absolute Gasteiger partial charge is 0.251 e. The van der Waals surface area contributed by atoms with Crippen molar-refractivity contribution in [1.82, 2.24) is 5.32 Å². The molecule has 0 aliphatic carbocycles. The third-order valence-corrected chi connectivity index (χ3v) is 8.27. The molecule has 2 aliphatic heterocycles. The minimum atomic E-state index is -2.96. The molecule has 1 amide bonds. The largest absolute Gasteiger partial charge is 0.351 e. The Labute approximate surface area is 175 Å². The molecule has 1 saturated heterocycles. The number of fused-ring (bicyclic) bond motifs is 1. The van der Waals surface area contributed by atoms with Gasteiger partial charge in [-0.15, -0.1) is 0 Å². The van der Waals surface area contributed by atoms with Crippen LogP contribution >= 0.6 is 11.8 Å². The van der Waals surface area contributed by atoms with Crippen LogP contribution in [0.3, 0.4) is 0 Å². The van der Waals surface area contributed by atoms with Gasteiger partial charge in [0.2, 0.25) is 0 Å². The Morgan fingerprint density at radius 3 is 2.72 bits per heavy atom. The topological polar surface area (TPSA) is 87.6 Å².